The van der Waals surface area contributed by atoms with Crippen molar-refractivity contribution in [1.29, 1.82) is 0 Å². The van der Waals surface area contributed by atoms with E-state index in [0.717, 1.165) is 10.5 Å². The van der Waals surface area contributed by atoms with E-state index in [9.17, 15) is 9.59 Å². The van der Waals surface area contributed by atoms with Crippen LogP contribution < -0.4 is 4.90 Å². The average molecular weight is 384 g/mol. The molecule has 5 nitrogen and oxygen atoms in total. The Hall–Kier alpha value is -1.82. The third kappa shape index (κ3) is 4.42. The predicted octanol–water partition coefficient (Wildman–Crippen LogP) is 2.62. The van der Waals surface area contributed by atoms with E-state index in [1.54, 1.807) is 26.0 Å². The van der Waals surface area contributed by atoms with Gasteiger partial charge in [-0.3, -0.25) is 4.79 Å². The molecule has 2 aromatic rings. The standard InChI is InChI=1S/C18H20Cl2N2O3/c1-10-16(18(24)25-4)11(2)21-17(10)15(23)9-22(3)8-12-5-6-13(19)7-14(12)20/h5-7,21H,8-9H2,1-4H3/p+1. The number of carbonyl (C=O) groups excluding carboxylic acids is 2. The Balaban J connectivity index is 2.13. The molecule has 1 unspecified atom stereocenters. The van der Waals surface area contributed by atoms with Crippen LogP contribution in [-0.4, -0.2) is 37.4 Å². The van der Waals surface area contributed by atoms with Gasteiger partial charge in [0.25, 0.3) is 0 Å². The number of ketones is 1. The molecule has 7 heteroatoms. The number of halogens is 2. The molecular weight excluding hydrogens is 363 g/mol. The molecule has 0 saturated heterocycles. The largest absolute Gasteiger partial charge is 0.465 e. The van der Waals surface area contributed by atoms with E-state index in [1.165, 1.54) is 7.11 Å². The molecule has 0 fully saturated rings. The van der Waals surface area contributed by atoms with Crippen LogP contribution in [0, 0.1) is 13.8 Å². The van der Waals surface area contributed by atoms with Gasteiger partial charge in [0.15, 0.2) is 0 Å². The maximum Gasteiger partial charge on any atom is 0.339 e. The highest BCUT2D eigenvalue weighted by Gasteiger charge is 2.24. The molecule has 0 saturated carbocycles. The maximum absolute atomic E-state index is 12.6. The van der Waals surface area contributed by atoms with Gasteiger partial charge in [0.2, 0.25) is 5.78 Å². The molecule has 2 N–H and O–H groups in total. The van der Waals surface area contributed by atoms with Crippen molar-refractivity contribution in [2.45, 2.75) is 20.4 Å². The minimum Gasteiger partial charge on any atom is -0.465 e. The lowest BCUT2D eigenvalue weighted by Gasteiger charge is -2.14. The van der Waals surface area contributed by atoms with Crippen molar-refractivity contribution in [2.75, 3.05) is 20.7 Å². The van der Waals surface area contributed by atoms with Gasteiger partial charge in [0.05, 0.1) is 30.4 Å². The first kappa shape index (κ1) is 19.5. The van der Waals surface area contributed by atoms with E-state index in [-0.39, 0.29) is 12.3 Å². The average Bonchev–Trinajstić information content (AvgIpc) is 2.84. The van der Waals surface area contributed by atoms with Gasteiger partial charge in [-0.1, -0.05) is 29.3 Å². The van der Waals surface area contributed by atoms with E-state index < -0.39 is 5.97 Å². The summed E-state index contributed by atoms with van der Waals surface area (Å²) in [7, 11) is 3.23. The number of carbonyl (C=O) groups is 2. The first-order valence-corrected chi connectivity index (χ1v) is 8.56. The highest BCUT2D eigenvalue weighted by Crippen LogP contribution is 2.21. The molecule has 1 aromatic carbocycles. The summed E-state index contributed by atoms with van der Waals surface area (Å²) in [6.07, 6.45) is 0. The van der Waals surface area contributed by atoms with Crippen LogP contribution in [0.15, 0.2) is 18.2 Å². The first-order chi connectivity index (χ1) is 11.7. The number of methoxy groups -OCH3 is 1. The van der Waals surface area contributed by atoms with Gasteiger partial charge in [-0.15, -0.1) is 0 Å². The third-order valence-electron chi connectivity index (χ3n) is 4.08. The second-order valence-electron chi connectivity index (χ2n) is 6.09. The number of aromatic amines is 1. The van der Waals surface area contributed by atoms with Crippen LogP contribution >= 0.6 is 23.2 Å². The van der Waals surface area contributed by atoms with E-state index >= 15 is 0 Å². The Morgan fingerprint density at radius 1 is 1.24 bits per heavy atom. The van der Waals surface area contributed by atoms with Gasteiger partial charge in [-0.05, 0) is 31.5 Å². The van der Waals surface area contributed by atoms with Crippen LogP contribution in [-0.2, 0) is 11.3 Å². The molecule has 1 aromatic heterocycles. The molecule has 0 amide bonds. The molecule has 134 valence electrons. The van der Waals surface area contributed by atoms with E-state index in [0.29, 0.717) is 39.1 Å². The second kappa shape index (κ2) is 8.04. The number of Topliss-reactive ketones (excluding diaryl/α,β-unsaturated/α-hetero) is 1. The summed E-state index contributed by atoms with van der Waals surface area (Å²) in [5.41, 5.74) is 3.03. The number of likely N-dealkylation sites (N-methyl/N-ethyl adjacent to an activating group) is 1. The number of aryl methyl sites for hydroxylation is 1. The van der Waals surface area contributed by atoms with E-state index in [4.69, 9.17) is 27.9 Å². The Kier molecular flexibility index (Phi) is 6.27. The lowest BCUT2D eigenvalue weighted by molar-refractivity contribution is -0.884. The van der Waals surface area contributed by atoms with Crippen LogP contribution in [0.5, 0.6) is 0 Å². The van der Waals surface area contributed by atoms with Crippen LogP contribution in [0.1, 0.15) is 37.7 Å². The fourth-order valence-corrected chi connectivity index (χ4v) is 3.33. The van der Waals surface area contributed by atoms with Crippen molar-refractivity contribution in [3.05, 3.63) is 56.3 Å². The van der Waals surface area contributed by atoms with Crippen LogP contribution in [0.4, 0.5) is 0 Å². The zero-order valence-electron chi connectivity index (χ0n) is 14.6. The van der Waals surface area contributed by atoms with Gasteiger partial charge in [-0.2, -0.15) is 0 Å². The van der Waals surface area contributed by atoms with Crippen molar-refractivity contribution in [2.24, 2.45) is 0 Å². The number of hydrogen-bond acceptors (Lipinski definition) is 3. The number of benzene rings is 1. The SMILES string of the molecule is COC(=O)c1c(C)[nH]c(C(=O)C[NH+](C)Cc2ccc(Cl)cc2Cl)c1C. The fraction of sp³-hybridized carbons (Fsp3) is 0.333. The number of H-pyrrole nitrogens is 1. The van der Waals surface area contributed by atoms with Crippen molar-refractivity contribution in [3.63, 3.8) is 0 Å². The van der Waals surface area contributed by atoms with Crippen molar-refractivity contribution < 1.29 is 19.2 Å². The third-order valence-corrected chi connectivity index (χ3v) is 4.66. The fourth-order valence-electron chi connectivity index (χ4n) is 2.85. The molecule has 0 aliphatic heterocycles. The molecule has 0 bridgehead atoms. The summed E-state index contributed by atoms with van der Waals surface area (Å²) >= 11 is 12.1. The first-order valence-electron chi connectivity index (χ1n) is 7.80. The van der Waals surface area contributed by atoms with E-state index in [1.807, 2.05) is 13.1 Å². The monoisotopic (exact) mass is 383 g/mol. The minimum absolute atomic E-state index is 0.0710. The summed E-state index contributed by atoms with van der Waals surface area (Å²) < 4.78 is 4.77. The maximum atomic E-state index is 12.6. The number of hydrogen-bond donors (Lipinski definition) is 2. The lowest BCUT2D eigenvalue weighted by Crippen LogP contribution is -3.08. The summed E-state index contributed by atoms with van der Waals surface area (Å²) in [6.45, 7) is 4.35. The lowest BCUT2D eigenvalue weighted by atomic mass is 10.1. The molecule has 2 rings (SSSR count). The summed E-state index contributed by atoms with van der Waals surface area (Å²) in [6, 6.07) is 5.33. The highest BCUT2D eigenvalue weighted by molar-refractivity contribution is 6.35. The zero-order chi connectivity index (χ0) is 18.7. The number of quaternary nitrogens is 1. The number of esters is 1. The molecule has 25 heavy (non-hydrogen) atoms. The van der Waals surface area contributed by atoms with E-state index in [2.05, 4.69) is 4.98 Å². The normalized spacial score (nSPS) is 12.1. The summed E-state index contributed by atoms with van der Waals surface area (Å²) in [5.74, 6) is -0.516. The summed E-state index contributed by atoms with van der Waals surface area (Å²) in [5, 5.41) is 1.16. The van der Waals surface area contributed by atoms with Gasteiger partial charge < -0.3 is 14.6 Å². The molecule has 0 aliphatic rings. The van der Waals surface area contributed by atoms with Crippen molar-refractivity contribution >= 4 is 35.0 Å². The van der Waals surface area contributed by atoms with Crippen molar-refractivity contribution in [3.8, 4) is 0 Å². The topological polar surface area (TPSA) is 63.6 Å². The summed E-state index contributed by atoms with van der Waals surface area (Å²) in [4.78, 5) is 28.4. The zero-order valence-corrected chi connectivity index (χ0v) is 16.1. The molecule has 0 aliphatic carbocycles. The Morgan fingerprint density at radius 3 is 2.52 bits per heavy atom. The number of rotatable bonds is 6. The smallest absolute Gasteiger partial charge is 0.339 e. The number of nitrogens with one attached hydrogen (secondary N) is 2. The predicted molar refractivity (Wildman–Crippen MR) is 97.9 cm³/mol. The highest BCUT2D eigenvalue weighted by atomic mass is 35.5. The van der Waals surface area contributed by atoms with Crippen LogP contribution in [0.25, 0.3) is 0 Å². The van der Waals surface area contributed by atoms with Gasteiger partial charge >= 0.3 is 5.97 Å². The molecule has 0 radical (unpaired) electrons. The molecule has 1 atom stereocenters. The second-order valence-corrected chi connectivity index (χ2v) is 6.93. The Morgan fingerprint density at radius 2 is 1.92 bits per heavy atom. The quantitative estimate of drug-likeness (QED) is 0.595. The number of ether oxygens (including phenoxy) is 1. The molecule has 1 heterocycles. The van der Waals surface area contributed by atoms with Gasteiger partial charge in [0.1, 0.15) is 13.1 Å². The van der Waals surface area contributed by atoms with Crippen LogP contribution in [0.3, 0.4) is 0 Å². The number of aromatic nitrogens is 1. The Bertz CT molecular complexity index is 815. The minimum atomic E-state index is -0.445. The van der Waals surface area contributed by atoms with Gasteiger partial charge in [-0.25, -0.2) is 4.79 Å². The molecular formula is C18H21Cl2N2O3+. The van der Waals surface area contributed by atoms with Crippen molar-refractivity contribution in [1.82, 2.24) is 4.98 Å². The Labute approximate surface area is 156 Å². The molecule has 0 spiro atoms. The van der Waals surface area contributed by atoms with Gasteiger partial charge in [0, 0.05) is 16.3 Å². The van der Waals surface area contributed by atoms with Crippen LogP contribution in [0.2, 0.25) is 10.0 Å².